The molecule has 0 amide bonds. The Hall–Kier alpha value is -3.10. The van der Waals surface area contributed by atoms with Crippen LogP contribution in [-0.2, 0) is 25.5 Å². The fraction of sp³-hybridized carbons (Fsp3) is 0.409. The Kier molecular flexibility index (Phi) is 21.2. The lowest BCUT2D eigenvalue weighted by Gasteiger charge is -2.18. The van der Waals surface area contributed by atoms with Gasteiger partial charge < -0.3 is 14.8 Å². The predicted octanol–water partition coefficient (Wildman–Crippen LogP) is 4.79. The van der Waals surface area contributed by atoms with Gasteiger partial charge in [0.2, 0.25) is 6.29 Å². The molecule has 0 aliphatic carbocycles. The highest BCUT2D eigenvalue weighted by Gasteiger charge is 2.24. The number of aldehydes is 1. The topological polar surface area (TPSA) is 81.7 Å². The molecule has 0 radical (unpaired) electrons. The van der Waals surface area contributed by atoms with Crippen LogP contribution in [0.4, 0.5) is 13.2 Å². The van der Waals surface area contributed by atoms with Crippen molar-refractivity contribution in [3.8, 4) is 5.75 Å². The van der Waals surface area contributed by atoms with E-state index in [-0.39, 0.29) is 5.97 Å². The highest BCUT2D eigenvalue weighted by Crippen LogP contribution is 2.13. The maximum absolute atomic E-state index is 11.8. The molecule has 0 spiro atoms. The Morgan fingerprint density at radius 1 is 1.13 bits per heavy atom. The van der Waals surface area contributed by atoms with Crippen LogP contribution in [0.15, 0.2) is 48.7 Å². The van der Waals surface area contributed by atoms with E-state index in [1.165, 1.54) is 7.11 Å². The molecule has 1 rings (SSSR count). The summed E-state index contributed by atoms with van der Waals surface area (Å²) in [5, 5.41) is 3.08. The van der Waals surface area contributed by atoms with Gasteiger partial charge in [-0.05, 0) is 30.7 Å². The minimum absolute atomic E-state index is 0.347. The molecule has 0 saturated carbocycles. The van der Waals surface area contributed by atoms with E-state index in [0.717, 1.165) is 11.3 Å². The molecule has 0 aliphatic heterocycles. The van der Waals surface area contributed by atoms with Crippen molar-refractivity contribution in [3.63, 3.8) is 0 Å². The van der Waals surface area contributed by atoms with Crippen LogP contribution in [0.3, 0.4) is 0 Å². The largest absolute Gasteiger partial charge is 0.467 e. The van der Waals surface area contributed by atoms with Gasteiger partial charge in [-0.3, -0.25) is 9.59 Å². The number of hydrogen-bond acceptors (Lipinski definition) is 6. The Bertz CT molecular complexity index is 656. The van der Waals surface area contributed by atoms with Crippen LogP contribution in [0.5, 0.6) is 5.75 Å². The molecular formula is C22H32F3NO5. The first-order chi connectivity index (χ1) is 14.7. The van der Waals surface area contributed by atoms with Gasteiger partial charge in [0.1, 0.15) is 11.8 Å². The lowest BCUT2D eigenvalue weighted by Crippen LogP contribution is -2.38. The number of benzene rings is 1. The maximum Gasteiger partial charge on any atom is 0.446 e. The molecule has 0 heterocycles. The first kappa shape index (κ1) is 32.6. The van der Waals surface area contributed by atoms with E-state index in [9.17, 15) is 22.8 Å². The number of hydrogen-bond donors (Lipinski definition) is 1. The molecule has 0 saturated heterocycles. The van der Waals surface area contributed by atoms with Gasteiger partial charge in [-0.1, -0.05) is 52.5 Å². The third kappa shape index (κ3) is 18.7. The second kappa shape index (κ2) is 20.2. The monoisotopic (exact) mass is 447 g/mol. The van der Waals surface area contributed by atoms with Gasteiger partial charge >= 0.3 is 12.1 Å². The SMILES string of the molecule is C=C/C=C(/C)NC(Cc1ccc(OC=O)cc1)C(=O)OC.CC.CC.O=CC(F)(F)F. The number of alkyl halides is 3. The van der Waals surface area contributed by atoms with E-state index in [1.807, 2.05) is 34.6 Å². The quantitative estimate of drug-likeness (QED) is 0.351. The Labute approximate surface area is 182 Å². The number of esters is 1. The van der Waals surface area contributed by atoms with Gasteiger partial charge in [-0.2, -0.15) is 13.2 Å². The van der Waals surface area contributed by atoms with Crippen molar-refractivity contribution in [1.82, 2.24) is 5.32 Å². The van der Waals surface area contributed by atoms with E-state index < -0.39 is 18.5 Å². The smallest absolute Gasteiger partial charge is 0.446 e. The first-order valence-corrected chi connectivity index (χ1v) is 9.52. The third-order valence-electron chi connectivity index (χ3n) is 2.94. The molecular weight excluding hydrogens is 415 g/mol. The fourth-order valence-electron chi connectivity index (χ4n) is 1.83. The Morgan fingerprint density at radius 2 is 1.61 bits per heavy atom. The average molecular weight is 447 g/mol. The third-order valence-corrected chi connectivity index (χ3v) is 2.94. The molecule has 1 aromatic rings. The van der Waals surface area contributed by atoms with Crippen molar-refractivity contribution in [2.75, 3.05) is 7.11 Å². The average Bonchev–Trinajstić information content (AvgIpc) is 2.77. The summed E-state index contributed by atoms with van der Waals surface area (Å²) in [5.74, 6) is 0.110. The molecule has 31 heavy (non-hydrogen) atoms. The van der Waals surface area contributed by atoms with Crippen molar-refractivity contribution >= 4 is 18.7 Å². The van der Waals surface area contributed by atoms with Crippen molar-refractivity contribution in [2.24, 2.45) is 0 Å². The number of carbonyl (C=O) groups excluding carboxylic acids is 3. The van der Waals surface area contributed by atoms with Crippen LogP contribution in [0.25, 0.3) is 0 Å². The van der Waals surface area contributed by atoms with Crippen LogP contribution >= 0.6 is 0 Å². The van der Waals surface area contributed by atoms with E-state index in [0.29, 0.717) is 18.6 Å². The zero-order valence-electron chi connectivity index (χ0n) is 18.8. The standard InChI is InChI=1S/C16H19NO4.C2HF3O.2C2H6/c1-4-5-12(2)17-15(16(19)20-3)10-13-6-8-14(9-7-13)21-11-18;3-2(4,5)1-6;2*1-2/h4-9,11,15,17H,1,10H2,2-3H3;1H;2*1-2H3/b12-5-;;;. The molecule has 1 unspecified atom stereocenters. The molecule has 0 bridgehead atoms. The molecule has 1 atom stereocenters. The van der Waals surface area contributed by atoms with Crippen LogP contribution in [0, 0.1) is 0 Å². The molecule has 1 aromatic carbocycles. The highest BCUT2D eigenvalue weighted by atomic mass is 19.4. The van der Waals surface area contributed by atoms with Gasteiger partial charge in [0, 0.05) is 12.1 Å². The molecule has 0 aromatic heterocycles. The second-order valence-electron chi connectivity index (χ2n) is 5.03. The number of nitrogens with one attached hydrogen (secondary N) is 1. The zero-order chi connectivity index (χ0) is 24.9. The summed E-state index contributed by atoms with van der Waals surface area (Å²) in [6, 6.07) is 6.44. The van der Waals surface area contributed by atoms with Crippen molar-refractivity contribution < 1.29 is 37.0 Å². The molecule has 6 nitrogen and oxygen atoms in total. The van der Waals surface area contributed by atoms with Crippen molar-refractivity contribution in [3.05, 3.63) is 54.3 Å². The van der Waals surface area contributed by atoms with Gasteiger partial charge in [-0.15, -0.1) is 0 Å². The van der Waals surface area contributed by atoms with E-state index in [1.54, 1.807) is 36.4 Å². The Balaban J connectivity index is -0.000000663. The van der Waals surface area contributed by atoms with E-state index in [2.05, 4.69) is 11.9 Å². The highest BCUT2D eigenvalue weighted by molar-refractivity contribution is 5.76. The maximum atomic E-state index is 11.8. The summed E-state index contributed by atoms with van der Waals surface area (Å²) >= 11 is 0. The van der Waals surface area contributed by atoms with Crippen molar-refractivity contribution in [1.29, 1.82) is 0 Å². The number of ether oxygens (including phenoxy) is 2. The van der Waals surface area contributed by atoms with Crippen molar-refractivity contribution in [2.45, 2.75) is 53.3 Å². The summed E-state index contributed by atoms with van der Waals surface area (Å²) in [6.45, 7) is 13.8. The summed E-state index contributed by atoms with van der Waals surface area (Å²) in [7, 11) is 1.35. The summed E-state index contributed by atoms with van der Waals surface area (Å²) in [5.41, 5.74) is 1.74. The van der Waals surface area contributed by atoms with Gasteiger partial charge in [0.05, 0.1) is 7.11 Å². The number of rotatable bonds is 8. The normalized spacial score (nSPS) is 10.8. The Morgan fingerprint density at radius 3 is 1.97 bits per heavy atom. The lowest BCUT2D eigenvalue weighted by molar-refractivity contribution is -0.156. The van der Waals surface area contributed by atoms with E-state index in [4.69, 9.17) is 14.3 Å². The van der Waals surface area contributed by atoms with Crippen LogP contribution in [0.2, 0.25) is 0 Å². The number of allylic oxidation sites excluding steroid dienone is 3. The number of carbonyl (C=O) groups is 3. The zero-order valence-corrected chi connectivity index (χ0v) is 18.8. The summed E-state index contributed by atoms with van der Waals surface area (Å²) in [4.78, 5) is 30.8. The molecule has 176 valence electrons. The molecule has 1 N–H and O–H groups in total. The van der Waals surface area contributed by atoms with Gasteiger partial charge in [-0.25, -0.2) is 4.79 Å². The molecule has 9 heteroatoms. The fourth-order valence-corrected chi connectivity index (χ4v) is 1.83. The minimum atomic E-state index is -4.64. The summed E-state index contributed by atoms with van der Waals surface area (Å²) in [6.07, 6.45) is -1.83. The van der Waals surface area contributed by atoms with Crippen LogP contribution in [0.1, 0.15) is 40.2 Å². The van der Waals surface area contributed by atoms with Gasteiger partial charge in [0.15, 0.2) is 0 Å². The first-order valence-electron chi connectivity index (χ1n) is 9.52. The predicted molar refractivity (Wildman–Crippen MR) is 115 cm³/mol. The lowest BCUT2D eigenvalue weighted by atomic mass is 10.1. The van der Waals surface area contributed by atoms with E-state index >= 15 is 0 Å². The second-order valence-corrected chi connectivity index (χ2v) is 5.03. The summed E-state index contributed by atoms with van der Waals surface area (Å²) < 4.78 is 40.8. The van der Waals surface area contributed by atoms with Gasteiger partial charge in [0.25, 0.3) is 6.47 Å². The molecule has 0 fully saturated rings. The number of halogens is 3. The minimum Gasteiger partial charge on any atom is -0.467 e. The van der Waals surface area contributed by atoms with Crippen LogP contribution < -0.4 is 10.1 Å². The van der Waals surface area contributed by atoms with Crippen LogP contribution in [-0.4, -0.2) is 38.1 Å². The molecule has 0 aliphatic rings. The number of methoxy groups -OCH3 is 1.